The van der Waals surface area contributed by atoms with Crippen molar-refractivity contribution in [3.63, 3.8) is 0 Å². The maximum absolute atomic E-state index is 14.3. The van der Waals surface area contributed by atoms with Crippen molar-refractivity contribution in [3.05, 3.63) is 53.0 Å². The van der Waals surface area contributed by atoms with Gasteiger partial charge in [0, 0.05) is 18.9 Å². The van der Waals surface area contributed by atoms with Crippen LogP contribution >= 0.6 is 0 Å². The summed E-state index contributed by atoms with van der Waals surface area (Å²) in [6, 6.07) is 6.01. The van der Waals surface area contributed by atoms with Gasteiger partial charge in [0.25, 0.3) is 0 Å². The molecule has 5 rings (SSSR count). The Morgan fingerprint density at radius 1 is 1.14 bits per heavy atom. The highest BCUT2D eigenvalue weighted by Crippen LogP contribution is 2.67. The zero-order valence-corrected chi connectivity index (χ0v) is 16.5. The van der Waals surface area contributed by atoms with Crippen molar-refractivity contribution in [2.75, 3.05) is 11.9 Å². The van der Waals surface area contributed by atoms with Gasteiger partial charge in [0.2, 0.25) is 5.89 Å². The summed E-state index contributed by atoms with van der Waals surface area (Å²) in [6.07, 6.45) is 1.93. The third-order valence-corrected chi connectivity index (χ3v) is 6.90. The Hall–Kier alpha value is -2.90. The number of hydrogen-bond acceptors (Lipinski definition) is 6. The number of halogens is 2. The Bertz CT molecular complexity index is 1090. The van der Waals surface area contributed by atoms with Gasteiger partial charge in [0.15, 0.2) is 0 Å². The third kappa shape index (κ3) is 2.44. The molecule has 2 heterocycles. The van der Waals surface area contributed by atoms with E-state index in [0.717, 1.165) is 24.1 Å². The minimum atomic E-state index is -0.634. The van der Waals surface area contributed by atoms with Gasteiger partial charge in [0.1, 0.15) is 11.6 Å². The van der Waals surface area contributed by atoms with Gasteiger partial charge in [-0.2, -0.15) is 10.2 Å². The van der Waals surface area contributed by atoms with Crippen molar-refractivity contribution in [2.45, 2.75) is 44.9 Å². The maximum atomic E-state index is 14.3. The summed E-state index contributed by atoms with van der Waals surface area (Å²) in [5.41, 5.74) is 1.66. The van der Waals surface area contributed by atoms with Crippen molar-refractivity contribution in [1.29, 1.82) is 0 Å². The second kappa shape index (κ2) is 6.05. The highest BCUT2D eigenvalue weighted by atomic mass is 19.1. The van der Waals surface area contributed by atoms with Crippen LogP contribution in [-0.4, -0.2) is 26.9 Å². The molecule has 0 unspecified atom stereocenters. The largest absolute Gasteiger partial charge is 0.408 e. The van der Waals surface area contributed by atoms with Crippen molar-refractivity contribution < 1.29 is 13.2 Å². The van der Waals surface area contributed by atoms with E-state index >= 15 is 0 Å². The Morgan fingerprint density at radius 2 is 1.90 bits per heavy atom. The van der Waals surface area contributed by atoms with E-state index in [1.165, 1.54) is 18.2 Å². The van der Waals surface area contributed by atoms with Crippen molar-refractivity contribution in [3.8, 4) is 11.3 Å². The van der Waals surface area contributed by atoms with E-state index in [0.29, 0.717) is 18.5 Å². The van der Waals surface area contributed by atoms with E-state index in [2.05, 4.69) is 39.6 Å². The lowest BCUT2D eigenvalue weighted by molar-refractivity contribution is 0.217. The minimum Gasteiger partial charge on any atom is -0.408 e. The molecule has 1 saturated carbocycles. The molecule has 0 saturated heterocycles. The highest BCUT2D eigenvalue weighted by Gasteiger charge is 2.63. The number of nitrogens with one attached hydrogen (secondary N) is 1. The summed E-state index contributed by atoms with van der Waals surface area (Å²) in [4.78, 5) is 0. The third-order valence-electron chi connectivity index (χ3n) is 6.90. The van der Waals surface area contributed by atoms with Gasteiger partial charge in [-0.3, -0.25) is 0 Å². The fraction of sp³-hybridized carbons (Fsp3) is 0.429. The summed E-state index contributed by atoms with van der Waals surface area (Å²) < 4.78 is 34.0. The van der Waals surface area contributed by atoms with E-state index in [9.17, 15) is 8.78 Å². The molecule has 2 aliphatic carbocycles. The Labute approximate surface area is 166 Å². The molecule has 0 spiro atoms. The zero-order chi connectivity index (χ0) is 20.4. The quantitative estimate of drug-likeness (QED) is 0.704. The van der Waals surface area contributed by atoms with Crippen LogP contribution in [0.5, 0.6) is 0 Å². The molecule has 0 amide bonds. The SMILES string of the molecule is Cc1nnc(NC[C@@]23CC[C@@H](c4cc(-c5c(F)cccc5F)nnc42)C3(C)C)o1. The van der Waals surface area contributed by atoms with E-state index in [1.807, 2.05) is 6.07 Å². The van der Waals surface area contributed by atoms with E-state index in [1.54, 1.807) is 6.92 Å². The molecule has 0 radical (unpaired) electrons. The van der Waals surface area contributed by atoms with Gasteiger partial charge in [-0.25, -0.2) is 8.78 Å². The van der Waals surface area contributed by atoms with Gasteiger partial charge >= 0.3 is 6.01 Å². The number of fused-ring (bicyclic) bond motifs is 5. The molecule has 8 heteroatoms. The van der Waals surface area contributed by atoms with Crippen LogP contribution in [0.2, 0.25) is 0 Å². The molecule has 1 N–H and O–H groups in total. The van der Waals surface area contributed by atoms with Crippen LogP contribution in [0, 0.1) is 24.0 Å². The Kier molecular flexibility index (Phi) is 3.78. The van der Waals surface area contributed by atoms with Crippen LogP contribution in [0.25, 0.3) is 11.3 Å². The predicted octanol–water partition coefficient (Wildman–Crippen LogP) is 4.38. The van der Waals surface area contributed by atoms with Gasteiger partial charge in [-0.05, 0) is 47.9 Å². The van der Waals surface area contributed by atoms with E-state index in [-0.39, 0.29) is 28.0 Å². The fourth-order valence-electron chi connectivity index (χ4n) is 5.28. The minimum absolute atomic E-state index is 0.0987. The predicted molar refractivity (Wildman–Crippen MR) is 102 cm³/mol. The fourth-order valence-corrected chi connectivity index (χ4v) is 5.28. The Balaban J connectivity index is 1.56. The number of nitrogens with zero attached hydrogens (tertiary/aromatic N) is 4. The molecule has 1 aromatic carbocycles. The van der Waals surface area contributed by atoms with Gasteiger partial charge in [-0.1, -0.05) is 25.0 Å². The van der Waals surface area contributed by atoms with Gasteiger partial charge < -0.3 is 9.73 Å². The molecule has 2 atom stereocenters. The molecule has 150 valence electrons. The lowest BCUT2D eigenvalue weighted by Crippen LogP contribution is -2.42. The van der Waals surface area contributed by atoms with Crippen LogP contribution in [0.4, 0.5) is 14.8 Å². The highest BCUT2D eigenvalue weighted by molar-refractivity contribution is 5.63. The molecular weight excluding hydrogens is 376 g/mol. The Morgan fingerprint density at radius 3 is 2.59 bits per heavy atom. The first-order valence-corrected chi connectivity index (χ1v) is 9.70. The number of benzene rings is 1. The van der Waals surface area contributed by atoms with Crippen LogP contribution in [0.1, 0.15) is 49.8 Å². The lowest BCUT2D eigenvalue weighted by Gasteiger charge is -2.37. The molecule has 2 aliphatic rings. The summed E-state index contributed by atoms with van der Waals surface area (Å²) in [5.74, 6) is -0.529. The molecule has 29 heavy (non-hydrogen) atoms. The normalized spacial score (nSPS) is 24.0. The van der Waals surface area contributed by atoms with Gasteiger partial charge in [0.05, 0.1) is 17.0 Å². The maximum Gasteiger partial charge on any atom is 0.315 e. The van der Waals surface area contributed by atoms with E-state index in [4.69, 9.17) is 4.42 Å². The average Bonchev–Trinajstić information content (AvgIpc) is 3.26. The monoisotopic (exact) mass is 397 g/mol. The molecule has 1 fully saturated rings. The van der Waals surface area contributed by atoms with Crippen molar-refractivity contribution in [1.82, 2.24) is 20.4 Å². The second-order valence-corrected chi connectivity index (χ2v) is 8.51. The second-order valence-electron chi connectivity index (χ2n) is 8.51. The van der Waals surface area contributed by atoms with Crippen LogP contribution in [-0.2, 0) is 5.41 Å². The standard InChI is InChI=1S/C21H21F2N5O/c1-11-25-28-19(29-11)24-10-21-8-7-13(20(21,2)3)12-9-16(26-27-18(12)21)17-14(22)5-4-6-15(17)23/h4-6,9,13H,7-8,10H2,1-3H3,(H,24,28)/t13-,21-/m0/s1. The number of aryl methyl sites for hydroxylation is 1. The zero-order valence-electron chi connectivity index (χ0n) is 16.5. The smallest absolute Gasteiger partial charge is 0.315 e. The summed E-state index contributed by atoms with van der Waals surface area (Å²) in [5, 5.41) is 19.8. The number of rotatable bonds is 4. The van der Waals surface area contributed by atoms with Crippen LogP contribution in [0.3, 0.4) is 0 Å². The lowest BCUT2D eigenvalue weighted by atomic mass is 9.68. The average molecular weight is 397 g/mol. The van der Waals surface area contributed by atoms with E-state index < -0.39 is 11.6 Å². The first-order valence-electron chi connectivity index (χ1n) is 9.70. The van der Waals surface area contributed by atoms with Crippen LogP contribution in [0.15, 0.2) is 28.7 Å². The molecule has 6 nitrogen and oxygen atoms in total. The first-order chi connectivity index (χ1) is 13.8. The number of anilines is 1. The topological polar surface area (TPSA) is 76.7 Å². The van der Waals surface area contributed by atoms with Crippen LogP contribution < -0.4 is 5.32 Å². The van der Waals surface area contributed by atoms with Gasteiger partial charge in [-0.15, -0.1) is 5.10 Å². The molecule has 0 aliphatic heterocycles. The summed E-state index contributed by atoms with van der Waals surface area (Å²) >= 11 is 0. The summed E-state index contributed by atoms with van der Waals surface area (Å²) in [7, 11) is 0. The molecule has 3 aromatic rings. The molecule has 2 aromatic heterocycles. The molecule has 2 bridgehead atoms. The van der Waals surface area contributed by atoms with Crippen molar-refractivity contribution in [2.24, 2.45) is 5.41 Å². The molecular formula is C21H21F2N5O. The first kappa shape index (κ1) is 18.1. The number of hydrogen-bond donors (Lipinski definition) is 1. The number of aromatic nitrogens is 4. The van der Waals surface area contributed by atoms with Crippen molar-refractivity contribution >= 4 is 6.01 Å². The summed E-state index contributed by atoms with van der Waals surface area (Å²) in [6.45, 7) is 6.76.